The third kappa shape index (κ3) is 1.53. The van der Waals surface area contributed by atoms with E-state index in [1.165, 1.54) is 0 Å². The molecule has 0 amide bonds. The van der Waals surface area contributed by atoms with Crippen LogP contribution in [0.3, 0.4) is 0 Å². The second-order valence-corrected chi connectivity index (χ2v) is 4.97. The van der Waals surface area contributed by atoms with Gasteiger partial charge in [0, 0.05) is 6.92 Å². The Labute approximate surface area is 111 Å². The molecule has 0 saturated carbocycles. The summed E-state index contributed by atoms with van der Waals surface area (Å²) in [6, 6.07) is 15.7. The first kappa shape index (κ1) is 10.6. The summed E-state index contributed by atoms with van der Waals surface area (Å²) >= 11 is 0. The highest BCUT2D eigenvalue weighted by Crippen LogP contribution is 2.42. The average molecular weight is 254 g/mol. The number of hydrogen-bond acceptors (Lipinski definition) is 4. The van der Waals surface area contributed by atoms with E-state index in [9.17, 15) is 0 Å². The van der Waals surface area contributed by atoms with Crippen LogP contribution in [-0.4, -0.2) is 12.0 Å². The molecule has 0 radical (unpaired) electrons. The number of para-hydroxylation sites is 4. The number of benzene rings is 2. The normalized spacial score (nSPS) is 26.5. The second-order valence-electron chi connectivity index (χ2n) is 4.97. The molecule has 4 nitrogen and oxygen atoms in total. The van der Waals surface area contributed by atoms with Gasteiger partial charge in [-0.15, -0.1) is 0 Å². The fraction of sp³-hybridized carbons (Fsp3) is 0.200. The Morgan fingerprint density at radius 1 is 0.947 bits per heavy atom. The van der Waals surface area contributed by atoms with Crippen molar-refractivity contribution in [3.8, 4) is 11.5 Å². The van der Waals surface area contributed by atoms with Gasteiger partial charge in [-0.25, -0.2) is 0 Å². The van der Waals surface area contributed by atoms with Crippen LogP contribution >= 0.6 is 0 Å². The van der Waals surface area contributed by atoms with E-state index >= 15 is 0 Å². The van der Waals surface area contributed by atoms with E-state index in [0.29, 0.717) is 0 Å². The maximum atomic E-state index is 6.08. The molecule has 0 bridgehead atoms. The molecule has 4 rings (SSSR count). The van der Waals surface area contributed by atoms with E-state index in [0.717, 1.165) is 22.9 Å². The van der Waals surface area contributed by atoms with Crippen LogP contribution in [0.15, 0.2) is 48.5 Å². The van der Waals surface area contributed by atoms with Crippen LogP contribution in [0.5, 0.6) is 11.5 Å². The Hall–Kier alpha value is -2.36. The lowest BCUT2D eigenvalue weighted by Gasteiger charge is -2.46. The number of rotatable bonds is 0. The van der Waals surface area contributed by atoms with E-state index in [4.69, 9.17) is 9.47 Å². The monoisotopic (exact) mass is 254 g/mol. The Morgan fingerprint density at radius 2 is 1.63 bits per heavy atom. The number of hydrogen-bond donors (Lipinski definition) is 2. The van der Waals surface area contributed by atoms with Crippen LogP contribution in [0.1, 0.15) is 6.92 Å². The van der Waals surface area contributed by atoms with Crippen LogP contribution in [0.2, 0.25) is 0 Å². The number of anilines is 2. The Bertz CT molecular complexity index is 590. The molecule has 2 aromatic rings. The van der Waals surface area contributed by atoms with Gasteiger partial charge in [-0.1, -0.05) is 24.3 Å². The Balaban J connectivity index is 1.77. The van der Waals surface area contributed by atoms with Gasteiger partial charge in [0.25, 0.3) is 0 Å². The molecule has 0 unspecified atom stereocenters. The van der Waals surface area contributed by atoms with Crippen molar-refractivity contribution in [2.75, 3.05) is 10.6 Å². The maximum absolute atomic E-state index is 6.08. The largest absolute Gasteiger partial charge is 0.462 e. The van der Waals surface area contributed by atoms with Crippen molar-refractivity contribution in [1.29, 1.82) is 0 Å². The summed E-state index contributed by atoms with van der Waals surface area (Å²) in [5.74, 6) is 1.66. The number of ether oxygens (including phenoxy) is 2. The first-order valence-corrected chi connectivity index (χ1v) is 6.33. The lowest BCUT2D eigenvalue weighted by Crippen LogP contribution is -2.61. The van der Waals surface area contributed by atoms with Crippen molar-refractivity contribution in [3.05, 3.63) is 48.5 Å². The van der Waals surface area contributed by atoms with Gasteiger partial charge < -0.3 is 20.1 Å². The van der Waals surface area contributed by atoms with Crippen LogP contribution in [0, 0.1) is 0 Å². The third-order valence-electron chi connectivity index (χ3n) is 3.51. The lowest BCUT2D eigenvalue weighted by molar-refractivity contribution is -0.00852. The zero-order chi connectivity index (χ0) is 12.9. The molecular formula is C15H14N2O2. The standard InChI is InChI=1S/C15H14N2O2/c1-15-14(16-10-6-2-5-9-13(10)19-15)18-12-8-4-3-7-11(12)17-15/h2-9,14,16-17H,1H3/t14-,15-/m1/s1. The summed E-state index contributed by atoms with van der Waals surface area (Å²) < 4.78 is 12.1. The van der Waals surface area contributed by atoms with Gasteiger partial charge in [0.15, 0.2) is 0 Å². The minimum absolute atomic E-state index is 0.266. The summed E-state index contributed by atoms with van der Waals surface area (Å²) in [6.07, 6.45) is -0.266. The van der Waals surface area contributed by atoms with Gasteiger partial charge in [0.05, 0.1) is 11.4 Å². The minimum Gasteiger partial charge on any atom is -0.462 e. The first-order valence-electron chi connectivity index (χ1n) is 6.33. The summed E-state index contributed by atoms with van der Waals surface area (Å²) in [4.78, 5) is 0. The molecule has 19 heavy (non-hydrogen) atoms. The van der Waals surface area contributed by atoms with Gasteiger partial charge in [-0.05, 0) is 24.3 Å². The van der Waals surface area contributed by atoms with E-state index in [-0.39, 0.29) is 6.23 Å². The Morgan fingerprint density at radius 3 is 2.47 bits per heavy atom. The SMILES string of the molecule is C[C@]12Nc3ccccc3O[C@H]1Nc1ccccc1O2. The quantitative estimate of drug-likeness (QED) is 0.758. The molecule has 2 N–H and O–H groups in total. The van der Waals surface area contributed by atoms with Crippen molar-refractivity contribution in [2.45, 2.75) is 18.9 Å². The van der Waals surface area contributed by atoms with Crippen LogP contribution in [-0.2, 0) is 0 Å². The highest BCUT2D eigenvalue weighted by Gasteiger charge is 2.46. The fourth-order valence-corrected chi connectivity index (χ4v) is 2.54. The highest BCUT2D eigenvalue weighted by molar-refractivity contribution is 5.64. The second kappa shape index (κ2) is 3.57. The smallest absolute Gasteiger partial charge is 0.234 e. The zero-order valence-corrected chi connectivity index (χ0v) is 10.5. The van der Waals surface area contributed by atoms with Crippen LogP contribution < -0.4 is 20.1 Å². The summed E-state index contributed by atoms with van der Waals surface area (Å²) in [5, 5.41) is 6.78. The summed E-state index contributed by atoms with van der Waals surface area (Å²) in [7, 11) is 0. The fourth-order valence-electron chi connectivity index (χ4n) is 2.54. The molecule has 2 aliphatic rings. The van der Waals surface area contributed by atoms with Gasteiger partial charge in [0.2, 0.25) is 12.0 Å². The molecule has 2 heterocycles. The third-order valence-corrected chi connectivity index (χ3v) is 3.51. The summed E-state index contributed by atoms with van der Waals surface area (Å²) in [5.41, 5.74) is 1.27. The molecule has 2 atom stereocenters. The molecule has 0 saturated heterocycles. The first-order chi connectivity index (χ1) is 9.24. The van der Waals surface area contributed by atoms with Gasteiger partial charge in [-0.3, -0.25) is 0 Å². The summed E-state index contributed by atoms with van der Waals surface area (Å²) in [6.45, 7) is 1.98. The number of nitrogens with one attached hydrogen (secondary N) is 2. The van der Waals surface area contributed by atoms with Gasteiger partial charge in [-0.2, -0.15) is 0 Å². The van der Waals surface area contributed by atoms with Crippen LogP contribution in [0.25, 0.3) is 0 Å². The molecule has 2 aromatic carbocycles. The molecule has 0 aromatic heterocycles. The maximum Gasteiger partial charge on any atom is 0.234 e. The highest BCUT2D eigenvalue weighted by atomic mass is 16.6. The van der Waals surface area contributed by atoms with Gasteiger partial charge in [0.1, 0.15) is 11.5 Å². The van der Waals surface area contributed by atoms with Crippen molar-refractivity contribution < 1.29 is 9.47 Å². The predicted molar refractivity (Wildman–Crippen MR) is 73.6 cm³/mol. The van der Waals surface area contributed by atoms with E-state index < -0.39 is 5.72 Å². The van der Waals surface area contributed by atoms with E-state index in [1.54, 1.807) is 0 Å². The van der Waals surface area contributed by atoms with E-state index in [2.05, 4.69) is 10.6 Å². The van der Waals surface area contributed by atoms with Crippen molar-refractivity contribution >= 4 is 11.4 Å². The molecule has 0 aliphatic carbocycles. The van der Waals surface area contributed by atoms with Gasteiger partial charge >= 0.3 is 0 Å². The predicted octanol–water partition coefficient (Wildman–Crippen LogP) is 3.04. The molecular weight excluding hydrogens is 240 g/mol. The van der Waals surface area contributed by atoms with Crippen molar-refractivity contribution in [2.24, 2.45) is 0 Å². The Kier molecular flexibility index (Phi) is 1.98. The molecule has 4 heteroatoms. The van der Waals surface area contributed by atoms with E-state index in [1.807, 2.05) is 55.5 Å². The molecule has 0 fully saturated rings. The lowest BCUT2D eigenvalue weighted by atomic mass is 10.1. The molecule has 96 valence electrons. The van der Waals surface area contributed by atoms with Crippen LogP contribution in [0.4, 0.5) is 11.4 Å². The average Bonchev–Trinajstić information content (AvgIpc) is 2.42. The number of fused-ring (bicyclic) bond motifs is 3. The van der Waals surface area contributed by atoms with Crippen molar-refractivity contribution in [1.82, 2.24) is 0 Å². The zero-order valence-electron chi connectivity index (χ0n) is 10.5. The molecule has 2 aliphatic heterocycles. The molecule has 0 spiro atoms. The minimum atomic E-state index is -0.622. The van der Waals surface area contributed by atoms with Crippen molar-refractivity contribution in [3.63, 3.8) is 0 Å². The topological polar surface area (TPSA) is 42.5 Å².